The molecule has 2 rings (SSSR count). The summed E-state index contributed by atoms with van der Waals surface area (Å²) in [4.78, 5) is 20.1. The van der Waals surface area contributed by atoms with Crippen LogP contribution in [0.15, 0.2) is 36.7 Å². The minimum absolute atomic E-state index is 0.344. The lowest BCUT2D eigenvalue weighted by Gasteiger charge is -2.15. The summed E-state index contributed by atoms with van der Waals surface area (Å²) in [5, 5.41) is 8.95. The number of nitrogens with zero attached hydrogens (tertiary/aromatic N) is 2. The summed E-state index contributed by atoms with van der Waals surface area (Å²) in [6, 6.07) is 6.05. The van der Waals surface area contributed by atoms with Gasteiger partial charge in [-0.05, 0) is 54.0 Å². The summed E-state index contributed by atoms with van der Waals surface area (Å²) in [7, 11) is 0. The summed E-state index contributed by atoms with van der Waals surface area (Å²) in [6.07, 6.45) is 14.8. The minimum atomic E-state index is -0.934. The molecule has 2 aromatic rings. The van der Waals surface area contributed by atoms with Crippen LogP contribution in [0.4, 0.5) is 0 Å². The zero-order valence-corrected chi connectivity index (χ0v) is 17.3. The Morgan fingerprint density at radius 1 is 1.11 bits per heavy atom. The maximum atomic E-state index is 10.9. The Hall–Kier alpha value is -2.49. The summed E-state index contributed by atoms with van der Waals surface area (Å²) in [6.45, 7) is 6.56. The number of aromatic nitrogens is 2. The van der Waals surface area contributed by atoms with E-state index in [4.69, 9.17) is 5.11 Å². The molecular formula is C24H32N2O2. The van der Waals surface area contributed by atoms with Crippen LogP contribution in [0.1, 0.15) is 81.9 Å². The van der Waals surface area contributed by atoms with Crippen LogP contribution in [0.2, 0.25) is 0 Å². The van der Waals surface area contributed by atoms with Crippen LogP contribution in [0, 0.1) is 0 Å². The van der Waals surface area contributed by atoms with E-state index < -0.39 is 5.97 Å². The zero-order chi connectivity index (χ0) is 20.4. The van der Waals surface area contributed by atoms with E-state index in [0.29, 0.717) is 5.92 Å². The summed E-state index contributed by atoms with van der Waals surface area (Å²) in [5.74, 6) is 0.128. The molecule has 4 heteroatoms. The normalized spacial score (nSPS) is 12.4. The van der Waals surface area contributed by atoms with Gasteiger partial charge in [-0.1, -0.05) is 58.6 Å². The molecule has 28 heavy (non-hydrogen) atoms. The molecule has 1 aromatic carbocycles. The maximum absolute atomic E-state index is 10.9. The molecule has 1 heterocycles. The third-order valence-electron chi connectivity index (χ3n) is 5.03. The smallest absolute Gasteiger partial charge is 0.328 e. The number of hydrogen-bond donors (Lipinski definition) is 1. The number of carboxylic acids is 1. The fourth-order valence-electron chi connectivity index (χ4n) is 3.43. The molecular weight excluding hydrogens is 348 g/mol. The lowest BCUT2D eigenvalue weighted by Crippen LogP contribution is -1.99. The van der Waals surface area contributed by atoms with Crippen LogP contribution in [0.5, 0.6) is 0 Å². The Labute approximate surface area is 168 Å². The fraction of sp³-hybridized carbons (Fsp3) is 0.458. The first-order valence-corrected chi connectivity index (χ1v) is 10.4. The van der Waals surface area contributed by atoms with E-state index >= 15 is 0 Å². The predicted molar refractivity (Wildman–Crippen MR) is 115 cm³/mol. The van der Waals surface area contributed by atoms with E-state index in [-0.39, 0.29) is 0 Å². The number of benzene rings is 1. The van der Waals surface area contributed by atoms with Crippen LogP contribution < -0.4 is 0 Å². The lowest BCUT2D eigenvalue weighted by molar-refractivity contribution is -0.131. The Morgan fingerprint density at radius 2 is 1.86 bits per heavy atom. The van der Waals surface area contributed by atoms with Gasteiger partial charge in [-0.2, -0.15) is 0 Å². The van der Waals surface area contributed by atoms with Gasteiger partial charge in [0.1, 0.15) is 0 Å². The van der Waals surface area contributed by atoms with Crippen molar-refractivity contribution in [2.75, 3.05) is 0 Å². The molecule has 0 amide bonds. The molecule has 0 saturated heterocycles. The van der Waals surface area contributed by atoms with Crippen molar-refractivity contribution in [3.05, 3.63) is 53.4 Å². The van der Waals surface area contributed by atoms with Crippen molar-refractivity contribution >= 4 is 12.0 Å². The van der Waals surface area contributed by atoms with E-state index in [9.17, 15) is 4.79 Å². The number of carboxylic acid groups (broad SMARTS) is 1. The highest BCUT2D eigenvalue weighted by molar-refractivity contribution is 5.85. The molecule has 1 atom stereocenters. The monoisotopic (exact) mass is 380 g/mol. The van der Waals surface area contributed by atoms with E-state index in [0.717, 1.165) is 41.8 Å². The maximum Gasteiger partial charge on any atom is 0.328 e. The Kier molecular flexibility index (Phi) is 8.86. The van der Waals surface area contributed by atoms with Gasteiger partial charge in [-0.25, -0.2) is 14.8 Å². The first kappa shape index (κ1) is 21.8. The zero-order valence-electron chi connectivity index (χ0n) is 17.3. The first-order valence-electron chi connectivity index (χ1n) is 10.4. The van der Waals surface area contributed by atoms with Crippen LogP contribution in [0.3, 0.4) is 0 Å². The second-order valence-electron chi connectivity index (χ2n) is 7.43. The van der Waals surface area contributed by atoms with Crippen molar-refractivity contribution in [3.63, 3.8) is 0 Å². The highest BCUT2D eigenvalue weighted by atomic mass is 16.4. The molecule has 0 saturated carbocycles. The average molecular weight is 381 g/mol. The molecule has 0 aliphatic carbocycles. The topological polar surface area (TPSA) is 63.1 Å². The van der Waals surface area contributed by atoms with E-state index in [1.165, 1.54) is 37.3 Å². The molecule has 4 nitrogen and oxygen atoms in total. The van der Waals surface area contributed by atoms with Crippen molar-refractivity contribution in [3.8, 4) is 11.4 Å². The van der Waals surface area contributed by atoms with Gasteiger partial charge in [0, 0.05) is 24.0 Å². The third-order valence-corrected chi connectivity index (χ3v) is 5.03. The first-order chi connectivity index (χ1) is 13.5. The van der Waals surface area contributed by atoms with Gasteiger partial charge in [-0.15, -0.1) is 0 Å². The van der Waals surface area contributed by atoms with Gasteiger partial charge >= 0.3 is 5.97 Å². The Morgan fingerprint density at radius 3 is 2.50 bits per heavy atom. The molecule has 150 valence electrons. The molecule has 0 aliphatic rings. The van der Waals surface area contributed by atoms with Crippen LogP contribution in [-0.4, -0.2) is 21.0 Å². The van der Waals surface area contributed by atoms with Gasteiger partial charge in [0.2, 0.25) is 0 Å². The number of carbonyl (C=O) groups is 1. The quantitative estimate of drug-likeness (QED) is 0.369. The van der Waals surface area contributed by atoms with Crippen molar-refractivity contribution in [2.24, 2.45) is 0 Å². The summed E-state index contributed by atoms with van der Waals surface area (Å²) in [5.41, 5.74) is 4.24. The fourth-order valence-corrected chi connectivity index (χ4v) is 3.43. The van der Waals surface area contributed by atoms with Crippen LogP contribution in [0.25, 0.3) is 17.5 Å². The molecule has 1 N–H and O–H groups in total. The largest absolute Gasteiger partial charge is 0.478 e. The van der Waals surface area contributed by atoms with Crippen LogP contribution in [-0.2, 0) is 11.2 Å². The van der Waals surface area contributed by atoms with E-state index in [2.05, 4.69) is 36.8 Å². The highest BCUT2D eigenvalue weighted by Gasteiger charge is 2.12. The predicted octanol–water partition coefficient (Wildman–Crippen LogP) is 6.27. The molecule has 0 fully saturated rings. The van der Waals surface area contributed by atoms with Crippen molar-refractivity contribution < 1.29 is 9.90 Å². The molecule has 0 bridgehead atoms. The number of hydrogen-bond acceptors (Lipinski definition) is 3. The highest BCUT2D eigenvalue weighted by Crippen LogP contribution is 2.29. The lowest BCUT2D eigenvalue weighted by atomic mass is 9.90. The average Bonchev–Trinajstić information content (AvgIpc) is 2.70. The minimum Gasteiger partial charge on any atom is -0.478 e. The summed E-state index contributed by atoms with van der Waals surface area (Å²) < 4.78 is 0. The standard InChI is InChI=1S/C24H32N2O2/c1-4-6-7-8-10-19-16-25-24(26-17-19)21-12-11-20(13-14-23(27)28)22(15-21)18(3)9-5-2/h11-18H,4-10H2,1-3H3,(H,27,28)/b14-13+. The number of aliphatic carboxylic acids is 1. The number of unbranched alkanes of at least 4 members (excludes halogenated alkanes) is 3. The molecule has 1 aromatic heterocycles. The Bertz CT molecular complexity index is 782. The van der Waals surface area contributed by atoms with Gasteiger partial charge in [-0.3, -0.25) is 0 Å². The van der Waals surface area contributed by atoms with Crippen molar-refractivity contribution in [1.29, 1.82) is 0 Å². The second kappa shape index (κ2) is 11.4. The third kappa shape index (κ3) is 6.59. The Balaban J connectivity index is 2.22. The SMILES string of the molecule is CCCCCCc1cnc(-c2ccc(/C=C/C(=O)O)c(C(C)CCC)c2)nc1. The van der Waals surface area contributed by atoms with Crippen molar-refractivity contribution in [1.82, 2.24) is 9.97 Å². The number of aryl methyl sites for hydroxylation is 1. The van der Waals surface area contributed by atoms with E-state index in [1.54, 1.807) is 6.08 Å². The van der Waals surface area contributed by atoms with Crippen LogP contribution >= 0.6 is 0 Å². The summed E-state index contributed by atoms with van der Waals surface area (Å²) >= 11 is 0. The molecule has 0 radical (unpaired) electrons. The van der Waals surface area contributed by atoms with Gasteiger partial charge in [0.25, 0.3) is 0 Å². The van der Waals surface area contributed by atoms with Gasteiger partial charge in [0.05, 0.1) is 0 Å². The van der Waals surface area contributed by atoms with Crippen molar-refractivity contribution in [2.45, 2.75) is 71.6 Å². The number of rotatable bonds is 11. The second-order valence-corrected chi connectivity index (χ2v) is 7.43. The van der Waals surface area contributed by atoms with Gasteiger partial charge < -0.3 is 5.11 Å². The molecule has 0 aliphatic heterocycles. The molecule has 0 spiro atoms. The molecule has 1 unspecified atom stereocenters. The van der Waals surface area contributed by atoms with E-state index in [1.807, 2.05) is 24.5 Å². The van der Waals surface area contributed by atoms with Gasteiger partial charge in [0.15, 0.2) is 5.82 Å².